The summed E-state index contributed by atoms with van der Waals surface area (Å²) in [5.41, 5.74) is 6.68. The van der Waals surface area contributed by atoms with E-state index in [-0.39, 0.29) is 5.41 Å². The van der Waals surface area contributed by atoms with Crippen molar-refractivity contribution in [3.8, 4) is 11.5 Å². The molecule has 21 heavy (non-hydrogen) atoms. The van der Waals surface area contributed by atoms with Crippen molar-refractivity contribution >= 4 is 0 Å². The molecule has 2 aromatic heterocycles. The summed E-state index contributed by atoms with van der Waals surface area (Å²) < 4.78 is 11.2. The Hall–Kier alpha value is -1.66. The van der Waals surface area contributed by atoms with E-state index in [1.165, 1.54) is 0 Å². The molecular weight excluding hydrogens is 268 g/mol. The molecule has 2 heterocycles. The van der Waals surface area contributed by atoms with Gasteiger partial charge in [0.1, 0.15) is 11.5 Å². The molecular formula is C15H24N4O2. The lowest BCUT2D eigenvalue weighted by molar-refractivity contribution is 0.196. The summed E-state index contributed by atoms with van der Waals surface area (Å²) in [6.45, 7) is 10.2. The average molecular weight is 292 g/mol. The molecule has 116 valence electrons. The zero-order valence-electron chi connectivity index (χ0n) is 13.4. The van der Waals surface area contributed by atoms with Crippen LogP contribution in [0.2, 0.25) is 0 Å². The van der Waals surface area contributed by atoms with Crippen molar-refractivity contribution in [2.75, 3.05) is 20.1 Å². The van der Waals surface area contributed by atoms with Gasteiger partial charge in [-0.3, -0.25) is 4.90 Å². The van der Waals surface area contributed by atoms with Gasteiger partial charge in [-0.05, 0) is 38.9 Å². The van der Waals surface area contributed by atoms with Gasteiger partial charge in [0.2, 0.25) is 5.89 Å². The maximum Gasteiger partial charge on any atom is 0.251 e. The third kappa shape index (κ3) is 3.92. The summed E-state index contributed by atoms with van der Waals surface area (Å²) in [7, 11) is 2.02. The molecule has 0 radical (unpaired) electrons. The van der Waals surface area contributed by atoms with Gasteiger partial charge in [0.25, 0.3) is 5.89 Å². The van der Waals surface area contributed by atoms with Crippen LogP contribution in [0.3, 0.4) is 0 Å². The van der Waals surface area contributed by atoms with E-state index in [0.29, 0.717) is 24.9 Å². The molecule has 0 saturated carbocycles. The van der Waals surface area contributed by atoms with E-state index in [4.69, 9.17) is 14.6 Å². The van der Waals surface area contributed by atoms with Gasteiger partial charge in [-0.2, -0.15) is 0 Å². The lowest BCUT2D eigenvalue weighted by atomic mass is 9.93. The predicted octanol–water partition coefficient (Wildman–Crippen LogP) is 2.36. The van der Waals surface area contributed by atoms with Crippen molar-refractivity contribution in [2.45, 2.75) is 34.2 Å². The Kier molecular flexibility index (Phi) is 4.49. The molecule has 0 atom stereocenters. The summed E-state index contributed by atoms with van der Waals surface area (Å²) in [5, 5.41) is 8.21. The van der Waals surface area contributed by atoms with E-state index in [0.717, 1.165) is 23.6 Å². The van der Waals surface area contributed by atoms with E-state index in [1.54, 1.807) is 0 Å². The van der Waals surface area contributed by atoms with Crippen LogP contribution in [0.15, 0.2) is 14.9 Å². The number of rotatable bonds is 6. The van der Waals surface area contributed by atoms with E-state index in [2.05, 4.69) is 28.9 Å². The number of hydrogen-bond acceptors (Lipinski definition) is 6. The Balaban J connectivity index is 2.05. The quantitative estimate of drug-likeness (QED) is 0.880. The Morgan fingerprint density at radius 1 is 1.24 bits per heavy atom. The van der Waals surface area contributed by atoms with E-state index in [1.807, 2.05) is 27.0 Å². The Bertz CT molecular complexity index is 601. The average Bonchev–Trinajstić information content (AvgIpc) is 2.95. The Labute approximate surface area is 125 Å². The van der Waals surface area contributed by atoms with Crippen molar-refractivity contribution in [1.29, 1.82) is 0 Å². The third-order valence-electron chi connectivity index (χ3n) is 3.39. The molecule has 2 aromatic rings. The maximum absolute atomic E-state index is 5.76. The molecule has 0 fully saturated rings. The Morgan fingerprint density at radius 3 is 2.52 bits per heavy atom. The number of nitrogens with zero attached hydrogens (tertiary/aromatic N) is 3. The highest BCUT2D eigenvalue weighted by Crippen LogP contribution is 2.25. The van der Waals surface area contributed by atoms with Crippen LogP contribution >= 0.6 is 0 Å². The molecule has 6 nitrogen and oxygen atoms in total. The topological polar surface area (TPSA) is 81.3 Å². The molecule has 0 unspecified atom stereocenters. The Morgan fingerprint density at radius 2 is 1.95 bits per heavy atom. The molecule has 2 rings (SSSR count). The molecule has 2 N–H and O–H groups in total. The minimum Gasteiger partial charge on any atom is -0.466 e. The number of nitrogens with two attached hydrogens (primary N) is 1. The van der Waals surface area contributed by atoms with E-state index in [9.17, 15) is 0 Å². The first-order valence-corrected chi connectivity index (χ1v) is 7.09. The lowest BCUT2D eigenvalue weighted by Gasteiger charge is -2.27. The third-order valence-corrected chi connectivity index (χ3v) is 3.39. The summed E-state index contributed by atoms with van der Waals surface area (Å²) in [5.74, 6) is 2.73. The van der Waals surface area contributed by atoms with Gasteiger partial charge in [0.15, 0.2) is 0 Å². The molecule has 0 aliphatic carbocycles. The molecule has 0 aliphatic rings. The van der Waals surface area contributed by atoms with Crippen LogP contribution in [-0.4, -0.2) is 35.2 Å². The fourth-order valence-electron chi connectivity index (χ4n) is 2.35. The second-order valence-electron chi connectivity index (χ2n) is 6.37. The van der Waals surface area contributed by atoms with Crippen molar-refractivity contribution in [3.05, 3.63) is 23.5 Å². The molecule has 0 bridgehead atoms. The number of furan rings is 1. The zero-order valence-corrected chi connectivity index (χ0v) is 13.4. The first kappa shape index (κ1) is 15.7. The molecule has 0 amide bonds. The van der Waals surface area contributed by atoms with E-state index >= 15 is 0 Å². The minimum absolute atomic E-state index is 0.0653. The molecule has 0 aliphatic heterocycles. The number of hydrogen-bond donors (Lipinski definition) is 1. The van der Waals surface area contributed by atoms with Crippen molar-refractivity contribution < 1.29 is 8.83 Å². The molecule has 0 aromatic carbocycles. The van der Waals surface area contributed by atoms with Crippen LogP contribution < -0.4 is 5.73 Å². The van der Waals surface area contributed by atoms with Crippen LogP contribution in [0.4, 0.5) is 0 Å². The summed E-state index contributed by atoms with van der Waals surface area (Å²) in [4.78, 5) is 2.14. The normalized spacial score (nSPS) is 12.3. The van der Waals surface area contributed by atoms with Gasteiger partial charge in [-0.1, -0.05) is 13.8 Å². The van der Waals surface area contributed by atoms with Crippen LogP contribution in [0.5, 0.6) is 0 Å². The fourth-order valence-corrected chi connectivity index (χ4v) is 2.35. The lowest BCUT2D eigenvalue weighted by Crippen LogP contribution is -2.36. The van der Waals surface area contributed by atoms with E-state index < -0.39 is 0 Å². The SMILES string of the molecule is Cc1cc(-c2nnc(CN(C)CC(C)(C)CN)o2)c(C)o1. The van der Waals surface area contributed by atoms with Crippen molar-refractivity contribution in [2.24, 2.45) is 11.1 Å². The van der Waals surface area contributed by atoms with Crippen LogP contribution in [0.25, 0.3) is 11.5 Å². The number of aromatic nitrogens is 2. The highest BCUT2D eigenvalue weighted by Gasteiger charge is 2.20. The van der Waals surface area contributed by atoms with Crippen LogP contribution in [-0.2, 0) is 6.54 Å². The van der Waals surface area contributed by atoms with Crippen LogP contribution in [0.1, 0.15) is 31.3 Å². The second kappa shape index (κ2) is 5.99. The maximum atomic E-state index is 5.76. The smallest absolute Gasteiger partial charge is 0.251 e. The van der Waals surface area contributed by atoms with Gasteiger partial charge < -0.3 is 14.6 Å². The summed E-state index contributed by atoms with van der Waals surface area (Å²) in [6, 6.07) is 1.91. The van der Waals surface area contributed by atoms with Gasteiger partial charge in [0, 0.05) is 6.54 Å². The minimum atomic E-state index is 0.0653. The second-order valence-corrected chi connectivity index (χ2v) is 6.37. The number of aryl methyl sites for hydroxylation is 2. The van der Waals surface area contributed by atoms with Gasteiger partial charge in [-0.25, -0.2) is 0 Å². The summed E-state index contributed by atoms with van der Waals surface area (Å²) >= 11 is 0. The van der Waals surface area contributed by atoms with Crippen molar-refractivity contribution in [3.63, 3.8) is 0 Å². The monoisotopic (exact) mass is 292 g/mol. The molecule has 0 saturated heterocycles. The van der Waals surface area contributed by atoms with Crippen LogP contribution in [0, 0.1) is 19.3 Å². The predicted molar refractivity (Wildman–Crippen MR) is 80.6 cm³/mol. The first-order chi connectivity index (χ1) is 9.80. The first-order valence-electron chi connectivity index (χ1n) is 7.09. The standard InChI is InChI=1S/C15H24N4O2/c1-10-6-12(11(2)20-10)14-18-17-13(21-14)7-19(5)9-15(3,4)8-16/h6H,7-9,16H2,1-5H3. The largest absolute Gasteiger partial charge is 0.466 e. The zero-order chi connectivity index (χ0) is 15.6. The van der Waals surface area contributed by atoms with Crippen molar-refractivity contribution in [1.82, 2.24) is 15.1 Å². The molecule has 0 spiro atoms. The van der Waals surface area contributed by atoms with Gasteiger partial charge in [0.05, 0.1) is 12.1 Å². The molecule has 6 heteroatoms. The highest BCUT2D eigenvalue weighted by atomic mass is 16.4. The highest BCUT2D eigenvalue weighted by molar-refractivity contribution is 5.55. The summed E-state index contributed by atoms with van der Waals surface area (Å²) in [6.07, 6.45) is 0. The van der Waals surface area contributed by atoms with Gasteiger partial charge in [-0.15, -0.1) is 10.2 Å². The van der Waals surface area contributed by atoms with Gasteiger partial charge >= 0.3 is 0 Å². The fraction of sp³-hybridized carbons (Fsp3) is 0.600.